The topological polar surface area (TPSA) is 49.6 Å². The summed E-state index contributed by atoms with van der Waals surface area (Å²) in [5.74, 6) is -0.184. The largest absolute Gasteiger partial charge is 0.368 e. The highest BCUT2D eigenvalue weighted by atomic mass is 16.1. The van der Waals surface area contributed by atoms with Crippen molar-refractivity contribution in [2.75, 3.05) is 13.1 Å². The minimum Gasteiger partial charge on any atom is -0.368 e. The van der Waals surface area contributed by atoms with E-state index in [1.54, 1.807) is 0 Å². The Bertz CT molecular complexity index is 448. The summed E-state index contributed by atoms with van der Waals surface area (Å²) < 4.78 is 0. The fraction of sp³-hybridized carbons (Fsp3) is 0.533. The molecule has 0 bridgehead atoms. The van der Waals surface area contributed by atoms with Crippen LogP contribution in [0.2, 0.25) is 0 Å². The number of hydrogen-bond donors (Lipinski definition) is 1. The van der Waals surface area contributed by atoms with E-state index < -0.39 is 0 Å². The number of nitrogens with two attached hydrogens (primary N) is 1. The maximum absolute atomic E-state index is 11.6. The van der Waals surface area contributed by atoms with Gasteiger partial charge in [-0.05, 0) is 31.2 Å². The average molecular weight is 259 g/mol. The van der Waals surface area contributed by atoms with Crippen molar-refractivity contribution in [1.82, 2.24) is 10.0 Å². The highest BCUT2D eigenvalue weighted by Crippen LogP contribution is 2.35. The Labute approximate surface area is 114 Å². The zero-order valence-electron chi connectivity index (χ0n) is 11.2. The van der Waals surface area contributed by atoms with Gasteiger partial charge in [0.2, 0.25) is 5.91 Å². The van der Waals surface area contributed by atoms with Crippen molar-refractivity contribution in [2.45, 2.75) is 37.8 Å². The molecule has 4 nitrogen and oxygen atoms in total. The molecular formula is C15H21N3O. The van der Waals surface area contributed by atoms with Gasteiger partial charge in [-0.3, -0.25) is 4.79 Å². The molecule has 0 aromatic heterocycles. The lowest BCUT2D eigenvalue weighted by molar-refractivity contribution is -0.131. The Hall–Kier alpha value is -1.39. The molecule has 1 aromatic rings. The van der Waals surface area contributed by atoms with Crippen molar-refractivity contribution in [3.8, 4) is 0 Å². The van der Waals surface area contributed by atoms with Gasteiger partial charge in [-0.15, -0.1) is 0 Å². The number of carbonyl (C=O) groups is 1. The van der Waals surface area contributed by atoms with Gasteiger partial charge in [-0.25, -0.2) is 10.0 Å². The van der Waals surface area contributed by atoms with Gasteiger partial charge in [0.1, 0.15) is 6.04 Å². The normalized spacial score (nSPS) is 28.8. The number of primary amides is 1. The molecule has 1 amide bonds. The van der Waals surface area contributed by atoms with Crippen molar-refractivity contribution >= 4 is 5.91 Å². The maximum Gasteiger partial charge on any atom is 0.236 e. The van der Waals surface area contributed by atoms with Crippen LogP contribution in [0.25, 0.3) is 0 Å². The molecule has 2 N–H and O–H groups in total. The van der Waals surface area contributed by atoms with E-state index in [0.717, 1.165) is 32.4 Å². The van der Waals surface area contributed by atoms with Gasteiger partial charge in [0.05, 0.1) is 0 Å². The Morgan fingerprint density at radius 2 is 1.74 bits per heavy atom. The van der Waals surface area contributed by atoms with Crippen LogP contribution < -0.4 is 5.73 Å². The van der Waals surface area contributed by atoms with E-state index in [1.165, 1.54) is 12.0 Å². The predicted octanol–water partition coefficient (Wildman–Crippen LogP) is 1.69. The van der Waals surface area contributed by atoms with Crippen LogP contribution in [0.1, 0.15) is 37.3 Å². The van der Waals surface area contributed by atoms with Crippen molar-refractivity contribution in [1.29, 1.82) is 0 Å². The summed E-state index contributed by atoms with van der Waals surface area (Å²) in [6.07, 6.45) is 4.30. The molecular weight excluding hydrogens is 238 g/mol. The molecule has 2 atom stereocenters. The van der Waals surface area contributed by atoms with E-state index in [4.69, 9.17) is 5.73 Å². The summed E-state index contributed by atoms with van der Waals surface area (Å²) >= 11 is 0. The fourth-order valence-electron chi connectivity index (χ4n) is 3.42. The van der Waals surface area contributed by atoms with Gasteiger partial charge in [-0.2, -0.15) is 0 Å². The summed E-state index contributed by atoms with van der Waals surface area (Å²) in [6.45, 7) is 1.99. The quantitative estimate of drug-likeness (QED) is 0.898. The van der Waals surface area contributed by atoms with Gasteiger partial charge in [-0.1, -0.05) is 30.3 Å². The van der Waals surface area contributed by atoms with Crippen molar-refractivity contribution in [3.05, 3.63) is 35.9 Å². The van der Waals surface area contributed by atoms with Crippen LogP contribution in [0.4, 0.5) is 0 Å². The van der Waals surface area contributed by atoms with Crippen molar-refractivity contribution in [3.63, 3.8) is 0 Å². The summed E-state index contributed by atoms with van der Waals surface area (Å²) in [5.41, 5.74) is 6.88. The predicted molar refractivity (Wildman–Crippen MR) is 74.0 cm³/mol. The molecule has 2 unspecified atom stereocenters. The molecule has 0 aliphatic carbocycles. The molecule has 2 aliphatic rings. The molecule has 2 fully saturated rings. The van der Waals surface area contributed by atoms with Gasteiger partial charge < -0.3 is 5.73 Å². The SMILES string of the molecule is NC(=O)C1CCCN1N1CCCC1c1ccccc1. The zero-order valence-corrected chi connectivity index (χ0v) is 11.2. The minimum atomic E-state index is -0.184. The van der Waals surface area contributed by atoms with Crippen molar-refractivity contribution in [2.24, 2.45) is 5.73 Å². The van der Waals surface area contributed by atoms with Crippen molar-refractivity contribution < 1.29 is 4.79 Å². The first kappa shape index (κ1) is 12.6. The zero-order chi connectivity index (χ0) is 13.2. The van der Waals surface area contributed by atoms with E-state index in [2.05, 4.69) is 34.3 Å². The second kappa shape index (κ2) is 5.31. The Morgan fingerprint density at radius 3 is 2.47 bits per heavy atom. The first-order valence-electron chi connectivity index (χ1n) is 7.15. The van der Waals surface area contributed by atoms with Gasteiger partial charge >= 0.3 is 0 Å². The first-order valence-corrected chi connectivity index (χ1v) is 7.15. The Kier molecular flexibility index (Phi) is 3.53. The number of hydrogen-bond acceptors (Lipinski definition) is 3. The third-order valence-corrected chi connectivity index (χ3v) is 4.29. The van der Waals surface area contributed by atoms with Crippen LogP contribution >= 0.6 is 0 Å². The third-order valence-electron chi connectivity index (χ3n) is 4.29. The molecule has 0 spiro atoms. The summed E-state index contributed by atoms with van der Waals surface area (Å²) in [5, 5.41) is 4.59. The molecule has 0 saturated carbocycles. The van der Waals surface area contributed by atoms with Crippen LogP contribution in [0.15, 0.2) is 30.3 Å². The van der Waals surface area contributed by atoms with E-state index in [-0.39, 0.29) is 11.9 Å². The van der Waals surface area contributed by atoms with Crippen LogP contribution in [0, 0.1) is 0 Å². The van der Waals surface area contributed by atoms with Gasteiger partial charge in [0.25, 0.3) is 0 Å². The molecule has 1 aromatic carbocycles. The molecule has 102 valence electrons. The van der Waals surface area contributed by atoms with E-state index in [9.17, 15) is 4.79 Å². The van der Waals surface area contributed by atoms with E-state index in [1.807, 2.05) is 6.07 Å². The smallest absolute Gasteiger partial charge is 0.236 e. The van der Waals surface area contributed by atoms with Crippen LogP contribution in [0.3, 0.4) is 0 Å². The molecule has 3 rings (SSSR count). The number of nitrogens with zero attached hydrogens (tertiary/aromatic N) is 2. The Morgan fingerprint density at radius 1 is 1.05 bits per heavy atom. The fourth-order valence-corrected chi connectivity index (χ4v) is 3.42. The van der Waals surface area contributed by atoms with Crippen LogP contribution in [0.5, 0.6) is 0 Å². The Balaban J connectivity index is 1.82. The van der Waals surface area contributed by atoms with E-state index >= 15 is 0 Å². The molecule has 0 radical (unpaired) electrons. The molecule has 19 heavy (non-hydrogen) atoms. The highest BCUT2D eigenvalue weighted by molar-refractivity contribution is 5.80. The number of carbonyl (C=O) groups excluding carboxylic acids is 1. The standard InChI is InChI=1S/C15H21N3O/c16-15(19)14-9-5-11-18(14)17-10-4-8-13(17)12-6-2-1-3-7-12/h1-3,6-7,13-14H,4-5,8-11H2,(H2,16,19). The van der Waals surface area contributed by atoms with Crippen LogP contribution in [-0.2, 0) is 4.79 Å². The number of benzene rings is 1. The summed E-state index contributed by atoms with van der Waals surface area (Å²) in [6, 6.07) is 10.9. The average Bonchev–Trinajstić information content (AvgIpc) is 3.08. The lowest BCUT2D eigenvalue weighted by atomic mass is 10.1. The summed E-state index contributed by atoms with van der Waals surface area (Å²) in [7, 11) is 0. The lowest BCUT2D eigenvalue weighted by Crippen LogP contribution is -2.50. The molecule has 2 heterocycles. The second-order valence-electron chi connectivity index (χ2n) is 5.46. The van der Waals surface area contributed by atoms with Gasteiger partial charge in [0.15, 0.2) is 0 Å². The van der Waals surface area contributed by atoms with E-state index in [0.29, 0.717) is 6.04 Å². The first-order chi connectivity index (χ1) is 9.27. The number of rotatable bonds is 3. The van der Waals surface area contributed by atoms with Gasteiger partial charge in [0, 0.05) is 19.1 Å². The minimum absolute atomic E-state index is 0.107. The maximum atomic E-state index is 11.6. The van der Waals surface area contributed by atoms with Crippen LogP contribution in [-0.4, -0.2) is 35.1 Å². The molecule has 2 aliphatic heterocycles. The molecule has 4 heteroatoms. The third kappa shape index (κ3) is 2.38. The lowest BCUT2D eigenvalue weighted by Gasteiger charge is -2.36. The number of hydrazine groups is 1. The summed E-state index contributed by atoms with van der Waals surface area (Å²) in [4.78, 5) is 11.6. The number of amides is 1. The second-order valence-corrected chi connectivity index (χ2v) is 5.46. The monoisotopic (exact) mass is 259 g/mol. The highest BCUT2D eigenvalue weighted by Gasteiger charge is 2.38. The molecule has 2 saturated heterocycles.